The van der Waals surface area contributed by atoms with Crippen molar-refractivity contribution < 1.29 is 5.11 Å². The highest BCUT2D eigenvalue weighted by Gasteiger charge is 2.13. The van der Waals surface area contributed by atoms with Crippen LogP contribution in [0.3, 0.4) is 0 Å². The van der Waals surface area contributed by atoms with Crippen LogP contribution in [0.2, 0.25) is 0 Å². The number of aryl methyl sites for hydroxylation is 2. The fourth-order valence-electron chi connectivity index (χ4n) is 1.60. The summed E-state index contributed by atoms with van der Waals surface area (Å²) < 4.78 is 1.76. The molecule has 0 amide bonds. The summed E-state index contributed by atoms with van der Waals surface area (Å²) in [6.07, 6.45) is 5.24. The summed E-state index contributed by atoms with van der Waals surface area (Å²) in [4.78, 5) is 0. The molecule has 2 N–H and O–H groups in total. The van der Waals surface area contributed by atoms with Crippen molar-refractivity contribution in [3.8, 4) is 0 Å². The van der Waals surface area contributed by atoms with E-state index in [4.69, 9.17) is 0 Å². The van der Waals surface area contributed by atoms with Crippen LogP contribution < -0.4 is 0 Å². The molecule has 5 heteroatoms. The molecule has 0 spiro atoms. The number of aliphatic hydroxyl groups is 1. The van der Waals surface area contributed by atoms with E-state index >= 15 is 0 Å². The molecule has 2 rings (SSSR count). The Kier molecular flexibility index (Phi) is 2.55. The first-order chi connectivity index (χ1) is 7.16. The molecule has 1 unspecified atom stereocenters. The minimum atomic E-state index is -0.544. The average Bonchev–Trinajstić information content (AvgIpc) is 2.76. The SMILES string of the molecule is Cc1cn(C)nc1CC(O)c1cn[nH]c1. The van der Waals surface area contributed by atoms with Crippen LogP contribution in [0.25, 0.3) is 0 Å². The van der Waals surface area contributed by atoms with Crippen molar-refractivity contribution in [3.63, 3.8) is 0 Å². The van der Waals surface area contributed by atoms with Gasteiger partial charge in [0, 0.05) is 31.4 Å². The third-order valence-electron chi connectivity index (χ3n) is 2.40. The molecule has 80 valence electrons. The monoisotopic (exact) mass is 206 g/mol. The summed E-state index contributed by atoms with van der Waals surface area (Å²) in [5.74, 6) is 0. The molecule has 0 fully saturated rings. The quantitative estimate of drug-likeness (QED) is 0.778. The van der Waals surface area contributed by atoms with Gasteiger partial charge in [-0.1, -0.05) is 0 Å². The van der Waals surface area contributed by atoms with Gasteiger partial charge in [0.1, 0.15) is 0 Å². The standard InChI is InChI=1S/C10H14N4O/c1-7-6-14(2)13-9(7)3-10(15)8-4-11-12-5-8/h4-6,10,15H,3H2,1-2H3,(H,11,12). The normalized spacial score (nSPS) is 13.0. The molecular weight excluding hydrogens is 192 g/mol. The van der Waals surface area contributed by atoms with E-state index in [1.165, 1.54) is 0 Å². The Balaban J connectivity index is 2.12. The fraction of sp³-hybridized carbons (Fsp3) is 0.400. The first kappa shape index (κ1) is 9.92. The summed E-state index contributed by atoms with van der Waals surface area (Å²) in [7, 11) is 1.88. The van der Waals surface area contributed by atoms with E-state index in [9.17, 15) is 5.11 Å². The third-order valence-corrected chi connectivity index (χ3v) is 2.40. The smallest absolute Gasteiger partial charge is 0.0876 e. The second-order valence-electron chi connectivity index (χ2n) is 3.68. The lowest BCUT2D eigenvalue weighted by Crippen LogP contribution is -2.02. The second-order valence-corrected chi connectivity index (χ2v) is 3.68. The molecule has 0 radical (unpaired) electrons. The van der Waals surface area contributed by atoms with E-state index < -0.39 is 6.10 Å². The van der Waals surface area contributed by atoms with Gasteiger partial charge in [-0.15, -0.1) is 0 Å². The molecular formula is C10H14N4O. The van der Waals surface area contributed by atoms with Crippen LogP contribution in [0.1, 0.15) is 22.9 Å². The molecule has 1 atom stereocenters. The number of H-pyrrole nitrogens is 1. The van der Waals surface area contributed by atoms with Crippen molar-refractivity contribution >= 4 is 0 Å². The molecule has 0 aliphatic rings. The van der Waals surface area contributed by atoms with Gasteiger partial charge in [-0.05, 0) is 12.5 Å². The number of aromatic nitrogens is 4. The zero-order chi connectivity index (χ0) is 10.8. The molecule has 0 aliphatic heterocycles. The molecule has 0 saturated carbocycles. The molecule has 5 nitrogen and oxygen atoms in total. The lowest BCUT2D eigenvalue weighted by molar-refractivity contribution is 0.177. The molecule has 15 heavy (non-hydrogen) atoms. The van der Waals surface area contributed by atoms with Crippen LogP contribution in [0.15, 0.2) is 18.6 Å². The summed E-state index contributed by atoms with van der Waals surface area (Å²) in [6, 6.07) is 0. The Bertz CT molecular complexity index is 432. The number of nitrogens with zero attached hydrogens (tertiary/aromatic N) is 3. The highest BCUT2D eigenvalue weighted by molar-refractivity contribution is 5.18. The molecule has 0 aromatic carbocycles. The van der Waals surface area contributed by atoms with Crippen LogP contribution in [0.5, 0.6) is 0 Å². The lowest BCUT2D eigenvalue weighted by atomic mass is 10.1. The average molecular weight is 206 g/mol. The Hall–Kier alpha value is -1.62. The number of aromatic amines is 1. The van der Waals surface area contributed by atoms with E-state index in [0.717, 1.165) is 16.8 Å². The molecule has 0 bridgehead atoms. The molecule has 2 aromatic heterocycles. The van der Waals surface area contributed by atoms with Gasteiger partial charge in [0.2, 0.25) is 0 Å². The van der Waals surface area contributed by atoms with Crippen molar-refractivity contribution in [2.24, 2.45) is 7.05 Å². The van der Waals surface area contributed by atoms with Crippen molar-refractivity contribution in [1.29, 1.82) is 0 Å². The van der Waals surface area contributed by atoms with Crippen LogP contribution >= 0.6 is 0 Å². The minimum Gasteiger partial charge on any atom is -0.388 e. The van der Waals surface area contributed by atoms with Gasteiger partial charge >= 0.3 is 0 Å². The summed E-state index contributed by atoms with van der Waals surface area (Å²) in [6.45, 7) is 1.99. The van der Waals surface area contributed by atoms with Gasteiger partial charge in [0.15, 0.2) is 0 Å². The van der Waals surface area contributed by atoms with Crippen LogP contribution in [0.4, 0.5) is 0 Å². The van der Waals surface area contributed by atoms with Gasteiger partial charge < -0.3 is 5.11 Å². The first-order valence-electron chi connectivity index (χ1n) is 4.82. The number of nitrogens with one attached hydrogen (secondary N) is 1. The Morgan fingerprint density at radius 3 is 2.93 bits per heavy atom. The maximum Gasteiger partial charge on any atom is 0.0876 e. The third kappa shape index (κ3) is 2.07. The fourth-order valence-corrected chi connectivity index (χ4v) is 1.60. The first-order valence-corrected chi connectivity index (χ1v) is 4.82. The number of hydrogen-bond acceptors (Lipinski definition) is 3. The van der Waals surface area contributed by atoms with Gasteiger partial charge in [-0.25, -0.2) is 0 Å². The van der Waals surface area contributed by atoms with E-state index in [1.54, 1.807) is 17.1 Å². The van der Waals surface area contributed by atoms with Crippen LogP contribution in [-0.4, -0.2) is 25.1 Å². The summed E-state index contributed by atoms with van der Waals surface area (Å²) in [5.41, 5.74) is 2.81. The summed E-state index contributed by atoms with van der Waals surface area (Å²) >= 11 is 0. The van der Waals surface area contributed by atoms with Crippen molar-refractivity contribution in [2.75, 3.05) is 0 Å². The van der Waals surface area contributed by atoms with E-state index in [1.807, 2.05) is 20.2 Å². The molecule has 2 heterocycles. The highest BCUT2D eigenvalue weighted by atomic mass is 16.3. The predicted molar refractivity (Wildman–Crippen MR) is 55.2 cm³/mol. The van der Waals surface area contributed by atoms with Crippen molar-refractivity contribution in [2.45, 2.75) is 19.4 Å². The maximum atomic E-state index is 9.89. The Morgan fingerprint density at radius 1 is 1.60 bits per heavy atom. The Labute approximate surface area is 87.7 Å². The zero-order valence-electron chi connectivity index (χ0n) is 8.81. The van der Waals surface area contributed by atoms with Gasteiger partial charge in [0.05, 0.1) is 18.0 Å². The van der Waals surface area contributed by atoms with Gasteiger partial charge in [0.25, 0.3) is 0 Å². The lowest BCUT2D eigenvalue weighted by Gasteiger charge is -2.06. The summed E-state index contributed by atoms with van der Waals surface area (Å²) in [5, 5.41) is 20.7. The minimum absolute atomic E-state index is 0.520. The highest BCUT2D eigenvalue weighted by Crippen LogP contribution is 2.17. The maximum absolute atomic E-state index is 9.89. The topological polar surface area (TPSA) is 66.7 Å². The predicted octanol–water partition coefficient (Wildman–Crippen LogP) is 0.728. The van der Waals surface area contributed by atoms with Crippen molar-refractivity contribution in [3.05, 3.63) is 35.4 Å². The van der Waals surface area contributed by atoms with Gasteiger partial charge in [-0.3, -0.25) is 9.78 Å². The van der Waals surface area contributed by atoms with E-state index in [2.05, 4.69) is 15.3 Å². The number of rotatable bonds is 3. The second kappa shape index (κ2) is 3.86. The Morgan fingerprint density at radius 2 is 2.40 bits per heavy atom. The van der Waals surface area contributed by atoms with E-state index in [0.29, 0.717) is 6.42 Å². The van der Waals surface area contributed by atoms with Gasteiger partial charge in [-0.2, -0.15) is 10.2 Å². The largest absolute Gasteiger partial charge is 0.388 e. The van der Waals surface area contributed by atoms with Crippen LogP contribution in [-0.2, 0) is 13.5 Å². The van der Waals surface area contributed by atoms with Crippen molar-refractivity contribution in [1.82, 2.24) is 20.0 Å². The number of aliphatic hydroxyl groups excluding tert-OH is 1. The van der Waals surface area contributed by atoms with E-state index in [-0.39, 0.29) is 0 Å². The number of hydrogen-bond donors (Lipinski definition) is 2. The van der Waals surface area contributed by atoms with Crippen LogP contribution in [0, 0.1) is 6.92 Å². The molecule has 2 aromatic rings. The molecule has 0 aliphatic carbocycles. The molecule has 0 saturated heterocycles. The zero-order valence-corrected chi connectivity index (χ0v) is 8.81.